The van der Waals surface area contributed by atoms with Gasteiger partial charge in [0.05, 0.1) is 16.7 Å². The van der Waals surface area contributed by atoms with E-state index in [9.17, 15) is 18.7 Å². The number of halogens is 2. The molecule has 3 aromatic rings. The molecule has 5 rings (SSSR count). The van der Waals surface area contributed by atoms with Gasteiger partial charge in [-0.15, -0.1) is 8.78 Å². The molecule has 0 amide bonds. The highest BCUT2D eigenvalue weighted by molar-refractivity contribution is 5.94. The Morgan fingerprint density at radius 1 is 1.06 bits per heavy atom. The Labute approximate surface area is 197 Å². The molecule has 1 aliphatic heterocycles. The van der Waals surface area contributed by atoms with Gasteiger partial charge in [-0.2, -0.15) is 0 Å². The monoisotopic (exact) mass is 467 g/mol. The lowest BCUT2D eigenvalue weighted by Gasteiger charge is -2.18. The van der Waals surface area contributed by atoms with Crippen molar-refractivity contribution < 1.29 is 29.6 Å². The van der Waals surface area contributed by atoms with Crippen LogP contribution in [0.1, 0.15) is 50.5 Å². The highest BCUT2D eigenvalue weighted by Crippen LogP contribution is 2.52. The maximum atomic E-state index is 13.4. The van der Waals surface area contributed by atoms with Crippen molar-refractivity contribution in [2.24, 2.45) is 0 Å². The van der Waals surface area contributed by atoms with Crippen LogP contribution in [0.2, 0.25) is 0 Å². The van der Waals surface area contributed by atoms with Crippen LogP contribution in [0.3, 0.4) is 0 Å². The van der Waals surface area contributed by atoms with Gasteiger partial charge in [-0.25, -0.2) is 0 Å². The van der Waals surface area contributed by atoms with E-state index in [4.69, 9.17) is 4.98 Å². The van der Waals surface area contributed by atoms with E-state index >= 15 is 0 Å². The number of ether oxygens (including phenoxy) is 2. The summed E-state index contributed by atoms with van der Waals surface area (Å²) in [7, 11) is 0. The normalized spacial score (nSPS) is 17.5. The number of alkyl halides is 2. The molecule has 0 spiro atoms. The predicted octanol–water partition coefficient (Wildman–Crippen LogP) is 5.70. The molecule has 0 bridgehead atoms. The molecule has 2 heterocycles. The topological polar surface area (TPSA) is 68.7 Å². The van der Waals surface area contributed by atoms with Gasteiger partial charge in [-0.3, -0.25) is 9.78 Å². The van der Waals surface area contributed by atoms with Crippen molar-refractivity contribution in [2.75, 3.05) is 0 Å². The molecule has 1 saturated carbocycles. The standard InChI is InChI=1S/C27H25F2NO4.H2/c1-16-4-10-20(30-24(16)17-5-7-18(8-6-17)25(2,3)32)15-23(31)26(12-13-26)19-9-11-21-22(14-19)34-27(28,29)33-21;/h4-11,14,32H,12-13,15H2,1-3H3;1H. The first-order valence-electron chi connectivity index (χ1n) is 11.2. The Bertz CT molecular complexity index is 1280. The number of carbonyl (C=O) groups excluding carboxylic acids is 1. The van der Waals surface area contributed by atoms with Crippen LogP contribution in [-0.4, -0.2) is 22.2 Å². The lowest BCUT2D eigenvalue weighted by molar-refractivity contribution is -0.286. The van der Waals surface area contributed by atoms with Gasteiger partial charge in [-0.1, -0.05) is 36.4 Å². The lowest BCUT2D eigenvalue weighted by atomic mass is 9.88. The number of hydrogen-bond donors (Lipinski definition) is 1. The highest BCUT2D eigenvalue weighted by Gasteiger charge is 2.52. The van der Waals surface area contributed by atoms with Crippen molar-refractivity contribution in [1.29, 1.82) is 0 Å². The Kier molecular flexibility index (Phi) is 5.02. The van der Waals surface area contributed by atoms with E-state index in [1.54, 1.807) is 19.9 Å². The molecule has 1 fully saturated rings. The molecular weight excluding hydrogens is 440 g/mol. The number of Topliss-reactive ketones (excluding diaryl/α,β-unsaturated/α-hetero) is 1. The van der Waals surface area contributed by atoms with Gasteiger partial charge in [0.1, 0.15) is 5.78 Å². The van der Waals surface area contributed by atoms with Gasteiger partial charge in [0.25, 0.3) is 0 Å². The number of ketones is 1. The van der Waals surface area contributed by atoms with E-state index in [1.165, 1.54) is 12.1 Å². The number of nitrogens with zero attached hydrogens (tertiary/aromatic N) is 1. The largest absolute Gasteiger partial charge is 0.586 e. The highest BCUT2D eigenvalue weighted by atomic mass is 19.3. The van der Waals surface area contributed by atoms with Gasteiger partial charge >= 0.3 is 6.29 Å². The number of pyridine rings is 1. The number of rotatable bonds is 6. The predicted molar refractivity (Wildman–Crippen MR) is 124 cm³/mol. The van der Waals surface area contributed by atoms with Crippen molar-refractivity contribution in [3.05, 3.63) is 77.0 Å². The van der Waals surface area contributed by atoms with Gasteiger partial charge in [-0.05, 0) is 68.5 Å². The fraction of sp³-hybridized carbons (Fsp3) is 0.333. The van der Waals surface area contributed by atoms with Crippen molar-refractivity contribution >= 4 is 5.78 Å². The van der Waals surface area contributed by atoms with Crippen molar-refractivity contribution in [3.63, 3.8) is 0 Å². The van der Waals surface area contributed by atoms with Crippen LogP contribution in [0, 0.1) is 6.92 Å². The second kappa shape index (κ2) is 7.60. The van der Waals surface area contributed by atoms with Crippen LogP contribution in [0.25, 0.3) is 11.3 Å². The van der Waals surface area contributed by atoms with Gasteiger partial charge in [0.15, 0.2) is 11.5 Å². The van der Waals surface area contributed by atoms with E-state index in [0.29, 0.717) is 24.1 Å². The Morgan fingerprint density at radius 2 is 1.74 bits per heavy atom. The molecule has 0 atom stereocenters. The zero-order valence-corrected chi connectivity index (χ0v) is 19.2. The summed E-state index contributed by atoms with van der Waals surface area (Å²) in [5, 5.41) is 10.2. The summed E-state index contributed by atoms with van der Waals surface area (Å²) >= 11 is 0. The van der Waals surface area contributed by atoms with Gasteiger partial charge < -0.3 is 14.6 Å². The third kappa shape index (κ3) is 4.05. The average Bonchev–Trinajstić information content (AvgIpc) is 3.52. The molecule has 5 nitrogen and oxygen atoms in total. The minimum atomic E-state index is -3.69. The Balaban J connectivity index is 0.00000289. The number of fused-ring (bicyclic) bond motifs is 1. The van der Waals surface area contributed by atoms with Gasteiger partial charge in [0.2, 0.25) is 0 Å². The number of aromatic nitrogens is 1. The fourth-order valence-electron chi connectivity index (χ4n) is 4.43. The maximum Gasteiger partial charge on any atom is 0.586 e. The fourth-order valence-corrected chi connectivity index (χ4v) is 4.43. The summed E-state index contributed by atoms with van der Waals surface area (Å²) in [4.78, 5) is 18.1. The zero-order valence-electron chi connectivity index (χ0n) is 19.2. The van der Waals surface area contributed by atoms with E-state index in [1.807, 2.05) is 43.3 Å². The molecule has 1 aliphatic carbocycles. The third-order valence-electron chi connectivity index (χ3n) is 6.60. The Morgan fingerprint density at radius 3 is 2.38 bits per heavy atom. The number of benzene rings is 2. The van der Waals surface area contributed by atoms with Crippen molar-refractivity contribution in [3.8, 4) is 22.8 Å². The molecular formula is C27H27F2NO4. The maximum absolute atomic E-state index is 13.4. The quantitative estimate of drug-likeness (QED) is 0.504. The minimum Gasteiger partial charge on any atom is -0.395 e. The molecule has 7 heteroatoms. The smallest absolute Gasteiger partial charge is 0.395 e. The second-order valence-corrected chi connectivity index (χ2v) is 9.62. The van der Waals surface area contributed by atoms with Gasteiger partial charge in [0, 0.05) is 19.1 Å². The molecule has 2 aliphatic rings. The first-order chi connectivity index (χ1) is 16.0. The summed E-state index contributed by atoms with van der Waals surface area (Å²) in [5.41, 5.74) is 3.13. The number of aryl methyl sites for hydroxylation is 1. The van der Waals surface area contributed by atoms with E-state index in [0.717, 1.165) is 22.4 Å². The second-order valence-electron chi connectivity index (χ2n) is 9.62. The summed E-state index contributed by atoms with van der Waals surface area (Å²) in [6.45, 7) is 5.43. The number of carbonyl (C=O) groups is 1. The molecule has 1 N–H and O–H groups in total. The SMILES string of the molecule is Cc1ccc(CC(=O)C2(c3ccc4c(c3)OC(F)(F)O4)CC2)nc1-c1ccc(C(C)(C)O)cc1.[HH]. The molecule has 0 saturated heterocycles. The molecule has 1 aromatic heterocycles. The third-order valence-corrected chi connectivity index (χ3v) is 6.60. The summed E-state index contributed by atoms with van der Waals surface area (Å²) in [6, 6.07) is 15.9. The van der Waals surface area contributed by atoms with Crippen LogP contribution >= 0.6 is 0 Å². The van der Waals surface area contributed by atoms with E-state index in [2.05, 4.69) is 9.47 Å². The van der Waals surface area contributed by atoms with Crippen LogP contribution in [0.5, 0.6) is 11.5 Å². The van der Waals surface area contributed by atoms with Crippen molar-refractivity contribution in [2.45, 2.75) is 57.3 Å². The Hall–Kier alpha value is -3.32. The van der Waals surface area contributed by atoms with Crippen LogP contribution in [0.15, 0.2) is 54.6 Å². The van der Waals surface area contributed by atoms with Crippen molar-refractivity contribution in [1.82, 2.24) is 4.98 Å². The van der Waals surface area contributed by atoms with E-state index < -0.39 is 17.3 Å². The molecule has 178 valence electrons. The first kappa shape index (κ1) is 22.5. The number of aliphatic hydroxyl groups is 1. The molecule has 2 aromatic carbocycles. The average molecular weight is 468 g/mol. The molecule has 0 radical (unpaired) electrons. The van der Waals surface area contributed by atoms with Crippen LogP contribution in [0.4, 0.5) is 8.78 Å². The van der Waals surface area contributed by atoms with E-state index in [-0.39, 0.29) is 25.1 Å². The van der Waals surface area contributed by atoms with Crippen LogP contribution in [-0.2, 0) is 22.2 Å². The first-order valence-corrected chi connectivity index (χ1v) is 11.2. The molecule has 0 unspecified atom stereocenters. The lowest BCUT2D eigenvalue weighted by Crippen LogP contribution is -2.26. The minimum absolute atomic E-state index is 0. The molecule has 34 heavy (non-hydrogen) atoms. The zero-order chi connectivity index (χ0) is 24.3. The van der Waals surface area contributed by atoms with Crippen LogP contribution < -0.4 is 9.47 Å². The summed E-state index contributed by atoms with van der Waals surface area (Å²) < 4.78 is 35.8. The summed E-state index contributed by atoms with van der Waals surface area (Å²) in [6.07, 6.45) is -2.24. The summed E-state index contributed by atoms with van der Waals surface area (Å²) in [5.74, 6) is -0.0814. The number of hydrogen-bond acceptors (Lipinski definition) is 5.